The molecule has 0 amide bonds. The van der Waals surface area contributed by atoms with Crippen LogP contribution in [0.4, 0.5) is 11.5 Å². The first-order chi connectivity index (χ1) is 7.18. The van der Waals surface area contributed by atoms with Crippen LogP contribution in [0.3, 0.4) is 0 Å². The van der Waals surface area contributed by atoms with E-state index in [4.69, 9.17) is 5.73 Å². The predicted molar refractivity (Wildman–Crippen MR) is 63.9 cm³/mol. The van der Waals surface area contributed by atoms with E-state index in [0.29, 0.717) is 6.04 Å². The van der Waals surface area contributed by atoms with Crippen LogP contribution in [-0.4, -0.2) is 17.6 Å². The Bertz CT molecular complexity index is 337. The molecule has 1 fully saturated rings. The molecule has 2 unspecified atom stereocenters. The van der Waals surface area contributed by atoms with E-state index in [1.165, 1.54) is 12.8 Å². The smallest absolute Gasteiger partial charge is 0.151 e. The molecular weight excluding hydrogens is 186 g/mol. The first-order valence-electron chi connectivity index (χ1n) is 5.65. The molecule has 15 heavy (non-hydrogen) atoms. The van der Waals surface area contributed by atoms with Gasteiger partial charge >= 0.3 is 0 Å². The molecular formula is C12H19N3. The van der Waals surface area contributed by atoms with Gasteiger partial charge in [-0.1, -0.05) is 6.92 Å². The summed E-state index contributed by atoms with van der Waals surface area (Å²) in [7, 11) is 0. The lowest BCUT2D eigenvalue weighted by atomic mass is 9.93. The van der Waals surface area contributed by atoms with Crippen molar-refractivity contribution in [1.82, 2.24) is 4.98 Å². The number of hydrogen-bond acceptors (Lipinski definition) is 3. The lowest BCUT2D eigenvalue weighted by Gasteiger charge is -2.37. The number of nitrogens with two attached hydrogens (primary N) is 1. The molecule has 1 aliphatic rings. The van der Waals surface area contributed by atoms with E-state index in [1.54, 1.807) is 0 Å². The number of nitrogen functional groups attached to an aromatic ring is 1. The molecule has 3 heteroatoms. The summed E-state index contributed by atoms with van der Waals surface area (Å²) in [4.78, 5) is 6.71. The number of anilines is 2. The normalized spacial score (nSPS) is 26.7. The summed E-state index contributed by atoms with van der Waals surface area (Å²) < 4.78 is 0. The zero-order chi connectivity index (χ0) is 10.8. The average Bonchev–Trinajstić information content (AvgIpc) is 2.20. The summed E-state index contributed by atoms with van der Waals surface area (Å²) in [6, 6.07) is 4.36. The Kier molecular flexibility index (Phi) is 2.80. The second-order valence-electron chi connectivity index (χ2n) is 4.59. The molecule has 2 N–H and O–H groups in total. The standard InChI is InChI=1S/C12H19N3/c1-9-5-7-15(10(2)8-9)12-11(13)4-3-6-14-12/h3-4,6,9-10H,5,7-8,13H2,1-2H3. The lowest BCUT2D eigenvalue weighted by Crippen LogP contribution is -2.41. The minimum atomic E-state index is 0.547. The summed E-state index contributed by atoms with van der Waals surface area (Å²) in [6.45, 7) is 5.64. The van der Waals surface area contributed by atoms with Gasteiger partial charge < -0.3 is 10.6 Å². The molecule has 1 aliphatic heterocycles. The van der Waals surface area contributed by atoms with E-state index in [2.05, 4.69) is 23.7 Å². The number of pyridine rings is 1. The van der Waals surface area contributed by atoms with Crippen molar-refractivity contribution in [2.75, 3.05) is 17.2 Å². The molecule has 1 saturated heterocycles. The van der Waals surface area contributed by atoms with Gasteiger partial charge in [0.05, 0.1) is 5.69 Å². The van der Waals surface area contributed by atoms with Crippen LogP contribution < -0.4 is 10.6 Å². The molecule has 0 spiro atoms. The van der Waals surface area contributed by atoms with E-state index < -0.39 is 0 Å². The second-order valence-corrected chi connectivity index (χ2v) is 4.59. The van der Waals surface area contributed by atoms with Crippen LogP contribution in [0.15, 0.2) is 18.3 Å². The zero-order valence-electron chi connectivity index (χ0n) is 9.48. The van der Waals surface area contributed by atoms with Gasteiger partial charge in [-0.25, -0.2) is 4.98 Å². The fraction of sp³-hybridized carbons (Fsp3) is 0.583. The van der Waals surface area contributed by atoms with Gasteiger partial charge in [-0.3, -0.25) is 0 Å². The molecule has 0 bridgehead atoms. The van der Waals surface area contributed by atoms with Gasteiger partial charge in [-0.2, -0.15) is 0 Å². The third-order valence-electron chi connectivity index (χ3n) is 3.23. The van der Waals surface area contributed by atoms with Gasteiger partial charge in [0.2, 0.25) is 0 Å². The van der Waals surface area contributed by atoms with E-state index in [0.717, 1.165) is 24.0 Å². The number of hydrogen-bond donors (Lipinski definition) is 1. The highest BCUT2D eigenvalue weighted by Crippen LogP contribution is 2.29. The molecule has 2 rings (SSSR count). The van der Waals surface area contributed by atoms with Crippen molar-refractivity contribution in [2.24, 2.45) is 5.92 Å². The van der Waals surface area contributed by atoms with Crippen molar-refractivity contribution in [2.45, 2.75) is 32.7 Å². The third-order valence-corrected chi connectivity index (χ3v) is 3.23. The zero-order valence-corrected chi connectivity index (χ0v) is 9.48. The van der Waals surface area contributed by atoms with Crippen molar-refractivity contribution in [3.8, 4) is 0 Å². The van der Waals surface area contributed by atoms with Gasteiger partial charge in [0.1, 0.15) is 0 Å². The molecule has 2 atom stereocenters. The predicted octanol–water partition coefficient (Wildman–Crippen LogP) is 2.29. The molecule has 0 aromatic carbocycles. The number of aromatic nitrogens is 1. The monoisotopic (exact) mass is 205 g/mol. The molecule has 1 aromatic heterocycles. The Morgan fingerprint density at radius 3 is 2.93 bits per heavy atom. The van der Waals surface area contributed by atoms with Crippen LogP contribution in [0.25, 0.3) is 0 Å². The highest BCUT2D eigenvalue weighted by atomic mass is 15.2. The van der Waals surface area contributed by atoms with E-state index in [1.807, 2.05) is 18.3 Å². The molecule has 3 nitrogen and oxygen atoms in total. The summed E-state index contributed by atoms with van der Waals surface area (Å²) in [6.07, 6.45) is 4.28. The average molecular weight is 205 g/mol. The van der Waals surface area contributed by atoms with Crippen LogP contribution in [0.1, 0.15) is 26.7 Å². The molecule has 0 aliphatic carbocycles. The van der Waals surface area contributed by atoms with Crippen LogP contribution in [0, 0.1) is 5.92 Å². The quantitative estimate of drug-likeness (QED) is 0.765. The van der Waals surface area contributed by atoms with Crippen LogP contribution in [0.5, 0.6) is 0 Å². The fourth-order valence-electron chi connectivity index (χ4n) is 2.37. The van der Waals surface area contributed by atoms with Crippen molar-refractivity contribution in [3.05, 3.63) is 18.3 Å². The number of piperidine rings is 1. The van der Waals surface area contributed by atoms with Gasteiger partial charge in [0, 0.05) is 18.8 Å². The third kappa shape index (κ3) is 2.06. The Morgan fingerprint density at radius 1 is 1.47 bits per heavy atom. The van der Waals surface area contributed by atoms with E-state index in [9.17, 15) is 0 Å². The Labute approximate surface area is 91.3 Å². The Hall–Kier alpha value is -1.25. The topological polar surface area (TPSA) is 42.2 Å². The van der Waals surface area contributed by atoms with Crippen molar-refractivity contribution >= 4 is 11.5 Å². The summed E-state index contributed by atoms with van der Waals surface area (Å²) in [5, 5.41) is 0. The molecule has 0 saturated carbocycles. The van der Waals surface area contributed by atoms with Crippen molar-refractivity contribution in [3.63, 3.8) is 0 Å². The lowest BCUT2D eigenvalue weighted by molar-refractivity contribution is 0.376. The van der Waals surface area contributed by atoms with E-state index in [-0.39, 0.29) is 0 Å². The summed E-state index contributed by atoms with van der Waals surface area (Å²) in [5.41, 5.74) is 6.73. The molecule has 2 heterocycles. The number of rotatable bonds is 1. The van der Waals surface area contributed by atoms with Crippen LogP contribution in [-0.2, 0) is 0 Å². The minimum Gasteiger partial charge on any atom is -0.396 e. The second kappa shape index (κ2) is 4.09. The largest absolute Gasteiger partial charge is 0.396 e. The maximum absolute atomic E-state index is 5.94. The maximum atomic E-state index is 5.94. The maximum Gasteiger partial charge on any atom is 0.151 e. The Morgan fingerprint density at radius 2 is 2.27 bits per heavy atom. The Balaban J connectivity index is 2.20. The highest BCUT2D eigenvalue weighted by molar-refractivity contribution is 5.62. The van der Waals surface area contributed by atoms with Gasteiger partial charge in [0.15, 0.2) is 5.82 Å². The van der Waals surface area contributed by atoms with Crippen LogP contribution in [0.2, 0.25) is 0 Å². The minimum absolute atomic E-state index is 0.547. The first-order valence-corrected chi connectivity index (χ1v) is 5.65. The highest BCUT2D eigenvalue weighted by Gasteiger charge is 2.24. The number of nitrogens with zero attached hydrogens (tertiary/aromatic N) is 2. The van der Waals surface area contributed by atoms with Crippen LogP contribution >= 0.6 is 0 Å². The summed E-state index contributed by atoms with van der Waals surface area (Å²) in [5.74, 6) is 1.78. The van der Waals surface area contributed by atoms with Crippen molar-refractivity contribution < 1.29 is 0 Å². The molecule has 82 valence electrons. The van der Waals surface area contributed by atoms with Gasteiger partial charge in [0.25, 0.3) is 0 Å². The SMILES string of the molecule is CC1CCN(c2ncccc2N)C(C)C1. The summed E-state index contributed by atoms with van der Waals surface area (Å²) >= 11 is 0. The molecule has 0 radical (unpaired) electrons. The first kappa shape index (κ1) is 10.3. The van der Waals surface area contributed by atoms with Crippen molar-refractivity contribution in [1.29, 1.82) is 0 Å². The van der Waals surface area contributed by atoms with Gasteiger partial charge in [-0.15, -0.1) is 0 Å². The van der Waals surface area contributed by atoms with E-state index >= 15 is 0 Å². The van der Waals surface area contributed by atoms with Gasteiger partial charge in [-0.05, 0) is 37.8 Å². The molecule has 1 aromatic rings. The fourth-order valence-corrected chi connectivity index (χ4v) is 2.37.